The summed E-state index contributed by atoms with van der Waals surface area (Å²) < 4.78 is 23.9. The van der Waals surface area contributed by atoms with Crippen LogP contribution in [0.2, 0.25) is 0 Å². The highest BCUT2D eigenvalue weighted by Gasteiger charge is 2.47. The number of likely N-dealkylation sites (tertiary alicyclic amines) is 2. The molecule has 8 amide bonds. The van der Waals surface area contributed by atoms with E-state index in [1.807, 2.05) is 188 Å². The van der Waals surface area contributed by atoms with Gasteiger partial charge < -0.3 is 70.0 Å². The normalized spacial score (nSPS) is 19.5. The lowest BCUT2D eigenvalue weighted by molar-refractivity contribution is -0.148. The molecule has 0 unspecified atom stereocenters. The number of aliphatic carboxylic acids is 1. The molecule has 0 radical (unpaired) electrons. The number of methoxy groups -OCH3 is 4. The van der Waals surface area contributed by atoms with Crippen LogP contribution < -0.4 is 21.3 Å². The van der Waals surface area contributed by atoms with Crippen molar-refractivity contribution in [3.8, 4) is 0 Å². The number of benzene rings is 2. The quantitative estimate of drug-likeness (QED) is 0.0361. The van der Waals surface area contributed by atoms with Crippen LogP contribution in [-0.4, -0.2) is 259 Å². The lowest BCUT2D eigenvalue weighted by atomic mass is 9.89. The number of carbonyl (C=O) groups is 9. The van der Waals surface area contributed by atoms with E-state index in [4.69, 9.17) is 18.9 Å². The fourth-order valence-corrected chi connectivity index (χ4v) is 15.8. The fourth-order valence-electron chi connectivity index (χ4n) is 15.8. The first-order chi connectivity index (χ1) is 51.1. The number of amides is 8. The van der Waals surface area contributed by atoms with Gasteiger partial charge in [0.15, 0.2) is 0 Å². The van der Waals surface area contributed by atoms with Gasteiger partial charge in [-0.1, -0.05) is 170 Å². The van der Waals surface area contributed by atoms with Gasteiger partial charge in [0.25, 0.3) is 0 Å². The Hall–Kier alpha value is -6.61. The van der Waals surface area contributed by atoms with Crippen LogP contribution in [0.1, 0.15) is 200 Å². The smallest absolute Gasteiger partial charge is 0.326 e. The Bertz CT molecular complexity index is 3120. The van der Waals surface area contributed by atoms with Crippen molar-refractivity contribution in [2.75, 3.05) is 69.7 Å². The van der Waals surface area contributed by atoms with E-state index in [0.717, 1.165) is 24.8 Å². The molecule has 2 saturated heterocycles. The molecule has 2 aliphatic rings. The van der Waals surface area contributed by atoms with Crippen molar-refractivity contribution in [2.24, 2.45) is 47.3 Å². The number of carboxylic acids is 1. The van der Waals surface area contributed by atoms with Crippen molar-refractivity contribution in [3.05, 3.63) is 71.8 Å². The number of nitrogens with zero attached hydrogens (tertiary/aromatic N) is 6. The molecule has 0 saturated carbocycles. The highest BCUT2D eigenvalue weighted by Crippen LogP contribution is 2.33. The zero-order valence-corrected chi connectivity index (χ0v) is 71.4. The van der Waals surface area contributed by atoms with Crippen molar-refractivity contribution in [2.45, 2.75) is 292 Å². The number of carbonyl (C=O) groups excluding carboxylic acids is 8. The van der Waals surface area contributed by atoms with Crippen LogP contribution in [0.3, 0.4) is 0 Å². The molecular formula is C84H144N10O15. The number of hydrogen-bond donors (Lipinski definition) is 6. The minimum absolute atomic E-state index is 0.0118. The van der Waals surface area contributed by atoms with Gasteiger partial charge in [-0.3, -0.25) is 48.2 Å². The monoisotopic (exact) mass is 1530 g/mol. The Morgan fingerprint density at radius 1 is 0.486 bits per heavy atom. The number of likely N-dealkylation sites (N-methyl/N-ethyl adjacent to an activating group) is 4. The Balaban J connectivity index is 0.000000565. The number of ether oxygens (including phenoxy) is 4. The Morgan fingerprint density at radius 3 is 1.16 bits per heavy atom. The first kappa shape index (κ1) is 96.6. The summed E-state index contributed by atoms with van der Waals surface area (Å²) in [5, 5.41) is 32.5. The Kier molecular flexibility index (Phi) is 41.1. The zero-order chi connectivity index (χ0) is 82.8. The van der Waals surface area contributed by atoms with E-state index in [0.29, 0.717) is 37.9 Å². The predicted octanol–water partition coefficient (Wildman–Crippen LogP) is 8.88. The standard InChI is InChI=1S/C42H71N5O8.C42H73N5O7/c1-14-28(8)37(46(11)41(51)35(25(2)3)44-40(50)36(26(4)5)45(10)27(6)7)33(54-12)24-34(48)47-22-18-21-32(47)38(55-13)29(9)39(49)43-31(42(52)53)23-30-19-16-15-17-20-30;1-15-28(8)37(46(12)42(52)35(25(2)3)44-41(51)36(26(4)5)45(11)27(6)7)33(53-13)24-34(48)47-23-19-22-32(47)39(54-14)29(9)40(50)43-30(10)38(49)31-20-17-16-18-21-31/h15-17,19-20,25-29,31-33,35-38H,14,18,21-24H2,1-13H3,(H,43,49)(H,44,50)(H,52,53);16-18,20-21,25-30,32-33,35-39,49H,15,19,22-24H2,1-14H3,(H,43,50)(H,44,51)/t28-,29+,31-,32-,33+,35-,36-,37-,38+;28-,29+,30+,32-,33+,35-,36-,37-,38+,39+/m00/s1. The van der Waals surface area contributed by atoms with E-state index in [-0.39, 0.29) is 114 Å². The molecule has 2 fully saturated rings. The summed E-state index contributed by atoms with van der Waals surface area (Å²) in [6, 6.07) is 12.9. The van der Waals surface area contributed by atoms with Crippen molar-refractivity contribution in [1.29, 1.82) is 0 Å². The summed E-state index contributed by atoms with van der Waals surface area (Å²) in [5.41, 5.74) is 1.50. The van der Waals surface area contributed by atoms with Crippen LogP contribution in [0.25, 0.3) is 0 Å². The van der Waals surface area contributed by atoms with Crippen molar-refractivity contribution in [1.82, 2.24) is 50.7 Å². The van der Waals surface area contributed by atoms with Gasteiger partial charge in [0.05, 0.1) is 97.5 Å². The summed E-state index contributed by atoms with van der Waals surface area (Å²) in [7, 11) is 13.5. The highest BCUT2D eigenvalue weighted by molar-refractivity contribution is 5.92. The first-order valence-electron chi connectivity index (χ1n) is 40.0. The molecule has 0 bridgehead atoms. The molecule has 2 aromatic carbocycles. The molecule has 6 N–H and O–H groups in total. The van der Waals surface area contributed by atoms with E-state index in [1.165, 1.54) is 7.11 Å². The topological polar surface area (TPSA) is 299 Å². The predicted molar refractivity (Wildman–Crippen MR) is 428 cm³/mol. The second-order valence-corrected chi connectivity index (χ2v) is 32.8. The molecule has 19 atom stereocenters. The molecule has 25 heteroatoms. The Morgan fingerprint density at radius 2 is 0.844 bits per heavy atom. The minimum atomic E-state index is -1.14. The highest BCUT2D eigenvalue weighted by atomic mass is 16.5. The van der Waals surface area contributed by atoms with Gasteiger partial charge in [-0.05, 0) is 121 Å². The van der Waals surface area contributed by atoms with Crippen LogP contribution in [0, 0.1) is 47.3 Å². The lowest BCUT2D eigenvalue weighted by Gasteiger charge is -2.41. The lowest BCUT2D eigenvalue weighted by Crippen LogP contribution is -2.60. The summed E-state index contributed by atoms with van der Waals surface area (Å²) in [4.78, 5) is 135. The van der Waals surface area contributed by atoms with Gasteiger partial charge in [-0.2, -0.15) is 0 Å². The number of rotatable bonds is 43. The van der Waals surface area contributed by atoms with E-state index in [1.54, 1.807) is 75.8 Å². The van der Waals surface area contributed by atoms with E-state index in [2.05, 4.69) is 28.2 Å². The molecule has 0 aromatic heterocycles. The van der Waals surface area contributed by atoms with Crippen LogP contribution in [-0.2, 0) is 68.5 Å². The van der Waals surface area contributed by atoms with Crippen LogP contribution >= 0.6 is 0 Å². The maximum Gasteiger partial charge on any atom is 0.326 e. The molecular weight excluding hydrogens is 1390 g/mol. The third-order valence-corrected chi connectivity index (χ3v) is 23.2. The number of carboxylic acid groups (broad SMARTS) is 1. The van der Waals surface area contributed by atoms with Gasteiger partial charge >= 0.3 is 5.97 Å². The van der Waals surface area contributed by atoms with E-state index in [9.17, 15) is 53.4 Å². The average Bonchev–Trinajstić information content (AvgIpc) is 1.80. The minimum Gasteiger partial charge on any atom is -0.480 e. The molecule has 109 heavy (non-hydrogen) atoms. The van der Waals surface area contributed by atoms with E-state index < -0.39 is 109 Å². The van der Waals surface area contributed by atoms with Gasteiger partial charge in [-0.25, -0.2) is 4.79 Å². The van der Waals surface area contributed by atoms with Gasteiger partial charge in [0.1, 0.15) is 18.1 Å². The second-order valence-electron chi connectivity index (χ2n) is 32.8. The molecule has 0 aliphatic carbocycles. The molecule has 0 spiro atoms. The first-order valence-corrected chi connectivity index (χ1v) is 40.0. The van der Waals surface area contributed by atoms with Crippen LogP contribution in [0.15, 0.2) is 60.7 Å². The van der Waals surface area contributed by atoms with Gasteiger partial charge in [-0.15, -0.1) is 0 Å². The number of aliphatic hydroxyl groups is 1. The summed E-state index contributed by atoms with van der Waals surface area (Å²) in [6.45, 7) is 38.2. The SMILES string of the molecule is CC[C@H](C)[C@@H]([C@@H](CC(=O)N1CCC[C@H]1[C@H](OC)[C@@H](C)C(=O)N[C@@H](Cc1ccccc1)C(=O)O)OC)N(C)C(=O)[C@@H](NC(=O)[C@H](C(C)C)N(C)C(C)C)C(C)C.CC[C@H](C)[C@@H]([C@@H](CC(=O)N1CCC[C@H]1[C@H](OC)[C@@H](C)C(=O)N[C@H](C)[C@@H](O)c1ccccc1)OC)N(C)C(=O)[C@@H](NC(=O)[C@H](C(C)C)N(C)C(C)C)C(C)C. The maximum atomic E-state index is 14.3. The third-order valence-electron chi connectivity index (χ3n) is 23.2. The number of hydrogen-bond acceptors (Lipinski definition) is 16. The number of aliphatic hydroxyl groups excluding tert-OH is 1. The van der Waals surface area contributed by atoms with Gasteiger partial charge in [0, 0.05) is 74.1 Å². The van der Waals surface area contributed by atoms with Crippen LogP contribution in [0.4, 0.5) is 0 Å². The third kappa shape index (κ3) is 26.8. The van der Waals surface area contributed by atoms with Crippen LogP contribution in [0.5, 0.6) is 0 Å². The molecule has 2 aromatic rings. The van der Waals surface area contributed by atoms with Crippen molar-refractivity contribution < 1.29 is 72.3 Å². The zero-order valence-electron chi connectivity index (χ0n) is 71.4. The average molecular weight is 1530 g/mol. The molecule has 4 rings (SSSR count). The Labute approximate surface area is 654 Å². The summed E-state index contributed by atoms with van der Waals surface area (Å²) in [5.74, 6) is -4.79. The van der Waals surface area contributed by atoms with Crippen molar-refractivity contribution in [3.63, 3.8) is 0 Å². The molecule has 2 heterocycles. The van der Waals surface area contributed by atoms with Gasteiger partial charge in [0.2, 0.25) is 47.3 Å². The molecule has 25 nitrogen and oxygen atoms in total. The molecule has 2 aliphatic heterocycles. The maximum absolute atomic E-state index is 14.3. The largest absolute Gasteiger partial charge is 0.480 e. The number of nitrogens with one attached hydrogen (secondary N) is 4. The summed E-state index contributed by atoms with van der Waals surface area (Å²) >= 11 is 0. The van der Waals surface area contributed by atoms with Crippen molar-refractivity contribution >= 4 is 53.2 Å². The van der Waals surface area contributed by atoms with E-state index >= 15 is 0 Å². The fraction of sp³-hybridized carbons (Fsp3) is 0.750. The molecule has 620 valence electrons. The summed E-state index contributed by atoms with van der Waals surface area (Å²) in [6.07, 6.45) is 0.944. The second kappa shape index (κ2) is 46.4.